The van der Waals surface area contributed by atoms with Crippen LogP contribution in [-0.4, -0.2) is 11.5 Å². The number of oxime groups is 1. The summed E-state index contributed by atoms with van der Waals surface area (Å²) in [5.74, 6) is 0.439. The molecule has 25 heavy (non-hydrogen) atoms. The smallest absolute Gasteiger partial charge is 0.215 e. The van der Waals surface area contributed by atoms with Crippen LogP contribution in [0.25, 0.3) is 0 Å². The second-order valence-electron chi connectivity index (χ2n) is 5.80. The van der Waals surface area contributed by atoms with E-state index in [1.165, 1.54) is 0 Å². The van der Waals surface area contributed by atoms with Crippen molar-refractivity contribution in [3.8, 4) is 5.75 Å². The Kier molecular flexibility index (Phi) is 5.05. The lowest BCUT2D eigenvalue weighted by Gasteiger charge is -2.10. The van der Waals surface area contributed by atoms with E-state index in [9.17, 15) is 4.79 Å². The van der Waals surface area contributed by atoms with Crippen LogP contribution in [0.15, 0.2) is 84.0 Å². The maximum Gasteiger partial charge on any atom is 0.215 e. The summed E-state index contributed by atoms with van der Waals surface area (Å²) in [6.07, 6.45) is 0. The summed E-state index contributed by atoms with van der Waals surface area (Å²) in [5.41, 5.74) is 3.58. The Morgan fingerprint density at radius 3 is 1.84 bits per heavy atom. The second-order valence-corrected chi connectivity index (χ2v) is 5.80. The van der Waals surface area contributed by atoms with Gasteiger partial charge in [-0.25, -0.2) is 0 Å². The number of carbonyl (C=O) groups excluding carboxylic acids is 1. The monoisotopic (exact) mass is 329 g/mol. The summed E-state index contributed by atoms with van der Waals surface area (Å²) >= 11 is 0. The third-order valence-electron chi connectivity index (χ3n) is 3.99. The molecule has 0 aliphatic heterocycles. The van der Waals surface area contributed by atoms with Gasteiger partial charge in [-0.3, -0.25) is 4.79 Å². The third kappa shape index (κ3) is 3.83. The van der Waals surface area contributed by atoms with Crippen molar-refractivity contribution in [1.29, 1.82) is 0 Å². The third-order valence-corrected chi connectivity index (χ3v) is 3.99. The van der Waals surface area contributed by atoms with Gasteiger partial charge in [0.05, 0.1) is 0 Å². The predicted octanol–water partition coefficient (Wildman–Crippen LogP) is 4.97. The number of para-hydroxylation sites is 1. The average Bonchev–Trinajstić information content (AvgIpc) is 2.64. The molecule has 0 radical (unpaired) electrons. The lowest BCUT2D eigenvalue weighted by molar-refractivity contribution is 0.106. The van der Waals surface area contributed by atoms with E-state index in [1.807, 2.05) is 80.6 Å². The number of benzene rings is 3. The highest BCUT2D eigenvalue weighted by Gasteiger charge is 2.20. The van der Waals surface area contributed by atoms with E-state index in [-0.39, 0.29) is 5.78 Å². The van der Waals surface area contributed by atoms with Gasteiger partial charge in [0.2, 0.25) is 5.78 Å². The summed E-state index contributed by atoms with van der Waals surface area (Å²) < 4.78 is 0. The molecule has 3 aromatic carbocycles. The zero-order valence-corrected chi connectivity index (χ0v) is 14.3. The number of ketones is 1. The summed E-state index contributed by atoms with van der Waals surface area (Å²) in [6, 6.07) is 24.4. The van der Waals surface area contributed by atoms with Crippen molar-refractivity contribution >= 4 is 11.5 Å². The maximum atomic E-state index is 13.1. The molecule has 3 nitrogen and oxygen atoms in total. The van der Waals surface area contributed by atoms with Crippen LogP contribution in [0.2, 0.25) is 0 Å². The Hall–Kier alpha value is -3.20. The van der Waals surface area contributed by atoms with Gasteiger partial charge in [-0.2, -0.15) is 0 Å². The van der Waals surface area contributed by atoms with Crippen LogP contribution in [0.3, 0.4) is 0 Å². The van der Waals surface area contributed by atoms with Gasteiger partial charge in [-0.1, -0.05) is 71.9 Å². The van der Waals surface area contributed by atoms with Crippen molar-refractivity contribution in [2.45, 2.75) is 13.8 Å². The van der Waals surface area contributed by atoms with Gasteiger partial charge in [0, 0.05) is 11.1 Å². The van der Waals surface area contributed by atoms with Crippen LogP contribution >= 0.6 is 0 Å². The first-order chi connectivity index (χ1) is 12.2. The normalized spacial score (nSPS) is 11.2. The summed E-state index contributed by atoms with van der Waals surface area (Å²) in [6.45, 7) is 3.87. The van der Waals surface area contributed by atoms with Gasteiger partial charge in [-0.05, 0) is 37.1 Å². The molecule has 3 rings (SSSR count). The van der Waals surface area contributed by atoms with Gasteiger partial charge >= 0.3 is 0 Å². The lowest BCUT2D eigenvalue weighted by atomic mass is 9.95. The largest absolute Gasteiger partial charge is 0.356 e. The van der Waals surface area contributed by atoms with E-state index in [0.717, 1.165) is 16.7 Å². The second kappa shape index (κ2) is 7.58. The van der Waals surface area contributed by atoms with E-state index in [1.54, 1.807) is 12.1 Å². The van der Waals surface area contributed by atoms with Gasteiger partial charge < -0.3 is 4.84 Å². The molecular weight excluding hydrogens is 310 g/mol. The van der Waals surface area contributed by atoms with E-state index in [2.05, 4.69) is 5.16 Å². The van der Waals surface area contributed by atoms with Crippen LogP contribution in [0, 0.1) is 13.8 Å². The average molecular weight is 329 g/mol. The topological polar surface area (TPSA) is 38.7 Å². The van der Waals surface area contributed by atoms with Crippen LogP contribution < -0.4 is 4.84 Å². The fourth-order valence-corrected chi connectivity index (χ4v) is 2.59. The quantitative estimate of drug-likeness (QED) is 0.376. The van der Waals surface area contributed by atoms with Crippen LogP contribution in [0.4, 0.5) is 0 Å². The highest BCUT2D eigenvalue weighted by Crippen LogP contribution is 2.17. The van der Waals surface area contributed by atoms with Crippen molar-refractivity contribution < 1.29 is 9.63 Å². The molecule has 3 aromatic rings. The number of aryl methyl sites for hydroxylation is 2. The Labute approximate surface area is 147 Å². The van der Waals surface area contributed by atoms with Gasteiger partial charge in [0.15, 0.2) is 11.5 Å². The summed E-state index contributed by atoms with van der Waals surface area (Å²) in [4.78, 5) is 18.7. The number of rotatable bonds is 5. The first kappa shape index (κ1) is 16.7. The SMILES string of the molecule is Cc1ccccc1C(=O)C(=NOc1ccccc1)c1ccccc1C. The first-order valence-electron chi connectivity index (χ1n) is 8.13. The van der Waals surface area contributed by atoms with Crippen LogP contribution in [0.5, 0.6) is 5.75 Å². The van der Waals surface area contributed by atoms with Gasteiger partial charge in [-0.15, -0.1) is 0 Å². The molecule has 0 saturated heterocycles. The molecule has 0 spiro atoms. The molecule has 0 unspecified atom stereocenters. The first-order valence-corrected chi connectivity index (χ1v) is 8.13. The minimum atomic E-state index is -0.150. The summed E-state index contributed by atoms with van der Waals surface area (Å²) in [5, 5.41) is 4.21. The number of hydrogen-bond acceptors (Lipinski definition) is 3. The molecule has 0 aliphatic rings. The Balaban J connectivity index is 2.05. The van der Waals surface area contributed by atoms with Crippen molar-refractivity contribution in [3.05, 3.63) is 101 Å². The Bertz CT molecular complexity index is 914. The minimum Gasteiger partial charge on any atom is -0.356 e. The molecule has 0 aromatic heterocycles. The highest BCUT2D eigenvalue weighted by atomic mass is 16.6. The number of carbonyl (C=O) groups is 1. The molecule has 0 heterocycles. The predicted molar refractivity (Wildman–Crippen MR) is 100 cm³/mol. The van der Waals surface area contributed by atoms with Crippen molar-refractivity contribution in [2.75, 3.05) is 0 Å². The number of hydrogen-bond donors (Lipinski definition) is 0. The molecule has 0 fully saturated rings. The molecule has 0 atom stereocenters. The molecular formula is C22H19NO2. The van der Waals surface area contributed by atoms with E-state index in [0.29, 0.717) is 17.0 Å². The van der Waals surface area contributed by atoms with Crippen LogP contribution in [-0.2, 0) is 0 Å². The molecule has 0 amide bonds. The van der Waals surface area contributed by atoms with E-state index < -0.39 is 0 Å². The number of Topliss-reactive ketones (excluding diaryl/α,β-unsaturated/α-hetero) is 1. The Morgan fingerprint density at radius 2 is 1.24 bits per heavy atom. The minimum absolute atomic E-state index is 0.150. The fraction of sp³-hybridized carbons (Fsp3) is 0.0909. The van der Waals surface area contributed by atoms with Gasteiger partial charge in [0.1, 0.15) is 0 Å². The highest BCUT2D eigenvalue weighted by molar-refractivity contribution is 6.51. The molecule has 0 bridgehead atoms. The molecule has 124 valence electrons. The van der Waals surface area contributed by atoms with Gasteiger partial charge in [0.25, 0.3) is 0 Å². The lowest BCUT2D eigenvalue weighted by Crippen LogP contribution is -2.19. The number of nitrogens with zero attached hydrogens (tertiary/aromatic N) is 1. The molecule has 0 N–H and O–H groups in total. The molecule has 3 heteroatoms. The standard InChI is InChI=1S/C22H19NO2/c1-16-10-6-8-14-19(16)21(23-25-18-12-4-3-5-13-18)22(24)20-15-9-7-11-17(20)2/h3-15H,1-2H3. The maximum absolute atomic E-state index is 13.1. The fourth-order valence-electron chi connectivity index (χ4n) is 2.59. The van der Waals surface area contributed by atoms with E-state index in [4.69, 9.17) is 4.84 Å². The Morgan fingerprint density at radius 1 is 0.720 bits per heavy atom. The zero-order chi connectivity index (χ0) is 17.6. The van der Waals surface area contributed by atoms with Crippen LogP contribution in [0.1, 0.15) is 27.0 Å². The molecule has 0 saturated carbocycles. The van der Waals surface area contributed by atoms with Crippen molar-refractivity contribution in [3.63, 3.8) is 0 Å². The van der Waals surface area contributed by atoms with Crippen molar-refractivity contribution in [1.82, 2.24) is 0 Å². The zero-order valence-electron chi connectivity index (χ0n) is 14.3. The van der Waals surface area contributed by atoms with Crippen molar-refractivity contribution in [2.24, 2.45) is 5.16 Å². The summed E-state index contributed by atoms with van der Waals surface area (Å²) in [7, 11) is 0. The van der Waals surface area contributed by atoms with E-state index >= 15 is 0 Å². The molecule has 0 aliphatic carbocycles.